The quantitative estimate of drug-likeness (QED) is 0.909. The fourth-order valence-electron chi connectivity index (χ4n) is 2.36. The summed E-state index contributed by atoms with van der Waals surface area (Å²) in [6.45, 7) is 0.986. The lowest BCUT2D eigenvalue weighted by atomic mass is 10.2. The fourth-order valence-corrected chi connectivity index (χ4v) is 2.36. The normalized spacial score (nSPS) is 18.3. The van der Waals surface area contributed by atoms with E-state index in [1.807, 2.05) is 0 Å². The van der Waals surface area contributed by atoms with Crippen LogP contribution in [0.25, 0.3) is 5.69 Å². The van der Waals surface area contributed by atoms with Gasteiger partial charge in [0.05, 0.1) is 11.3 Å². The summed E-state index contributed by atoms with van der Waals surface area (Å²) in [4.78, 5) is 15.2. The molecule has 0 bridgehead atoms. The third-order valence-electron chi connectivity index (χ3n) is 3.49. The van der Waals surface area contributed by atoms with E-state index >= 15 is 0 Å². The van der Waals surface area contributed by atoms with E-state index in [9.17, 15) is 4.79 Å². The smallest absolute Gasteiger partial charge is 0.335 e. The van der Waals surface area contributed by atoms with E-state index in [-0.39, 0.29) is 18.5 Å². The summed E-state index contributed by atoms with van der Waals surface area (Å²) in [6.07, 6.45) is 4.26. The van der Waals surface area contributed by atoms with Crippen molar-refractivity contribution in [2.45, 2.75) is 32.2 Å². The number of hydrogen-bond donors (Lipinski definition) is 1. The van der Waals surface area contributed by atoms with Crippen molar-refractivity contribution in [1.29, 1.82) is 0 Å². The number of ether oxygens (including phenoxy) is 2. The maximum atomic E-state index is 11.1. The second-order valence-corrected chi connectivity index (χ2v) is 5.05. The van der Waals surface area contributed by atoms with Crippen LogP contribution in [0, 0.1) is 0 Å². The van der Waals surface area contributed by atoms with Crippen molar-refractivity contribution >= 4 is 5.97 Å². The van der Waals surface area contributed by atoms with Gasteiger partial charge in [0.15, 0.2) is 12.1 Å². The number of carboxylic acid groups (broad SMARTS) is 1. The van der Waals surface area contributed by atoms with Gasteiger partial charge in [-0.3, -0.25) is 0 Å². The molecule has 7 heteroatoms. The van der Waals surface area contributed by atoms with Gasteiger partial charge in [0.1, 0.15) is 12.9 Å². The molecule has 116 valence electrons. The molecule has 0 spiro atoms. The summed E-state index contributed by atoms with van der Waals surface area (Å²) in [6, 6.07) is 6.55. The summed E-state index contributed by atoms with van der Waals surface area (Å²) >= 11 is 0. The minimum Gasteiger partial charge on any atom is -0.478 e. The number of nitrogens with zero attached hydrogens (tertiary/aromatic N) is 3. The molecule has 3 rings (SSSR count). The molecule has 0 aliphatic carbocycles. The predicted octanol–water partition coefficient (Wildman–Crippen LogP) is 2.01. The number of carbonyl (C=O) groups is 1. The van der Waals surface area contributed by atoms with Crippen molar-refractivity contribution < 1.29 is 19.4 Å². The first-order valence-corrected chi connectivity index (χ1v) is 7.20. The number of aromatic carboxylic acids is 1. The molecule has 1 aliphatic rings. The van der Waals surface area contributed by atoms with Gasteiger partial charge >= 0.3 is 5.97 Å². The Morgan fingerprint density at radius 1 is 1.45 bits per heavy atom. The Bertz CT molecular complexity index is 650. The summed E-state index contributed by atoms with van der Waals surface area (Å²) in [5.41, 5.74) is 0.844. The van der Waals surface area contributed by atoms with E-state index in [2.05, 4.69) is 10.1 Å². The maximum absolute atomic E-state index is 11.1. The molecule has 1 aromatic carbocycles. The monoisotopic (exact) mass is 303 g/mol. The maximum Gasteiger partial charge on any atom is 0.335 e. The van der Waals surface area contributed by atoms with Gasteiger partial charge in [0.2, 0.25) is 0 Å². The van der Waals surface area contributed by atoms with Crippen molar-refractivity contribution in [3.8, 4) is 5.69 Å². The first kappa shape index (κ1) is 14.7. The topological polar surface area (TPSA) is 86.5 Å². The molecule has 0 radical (unpaired) electrons. The van der Waals surface area contributed by atoms with Gasteiger partial charge in [-0.1, -0.05) is 6.07 Å². The van der Waals surface area contributed by atoms with Crippen LogP contribution in [-0.2, 0) is 16.1 Å². The second-order valence-electron chi connectivity index (χ2n) is 5.05. The van der Waals surface area contributed by atoms with E-state index in [0.29, 0.717) is 11.5 Å². The third kappa shape index (κ3) is 3.32. The van der Waals surface area contributed by atoms with Crippen molar-refractivity contribution in [3.05, 3.63) is 42.0 Å². The van der Waals surface area contributed by atoms with Gasteiger partial charge in [-0.15, -0.1) is 0 Å². The molecule has 1 aromatic heterocycles. The summed E-state index contributed by atoms with van der Waals surface area (Å²) in [5, 5.41) is 13.2. The van der Waals surface area contributed by atoms with Gasteiger partial charge in [0.25, 0.3) is 0 Å². The molecular formula is C15H17N3O4. The van der Waals surface area contributed by atoms with Crippen LogP contribution in [0.4, 0.5) is 0 Å². The molecule has 1 saturated heterocycles. The molecule has 1 unspecified atom stereocenters. The summed E-state index contributed by atoms with van der Waals surface area (Å²) in [7, 11) is 0. The van der Waals surface area contributed by atoms with Crippen LogP contribution in [0.1, 0.15) is 35.4 Å². The SMILES string of the molecule is O=C(O)c1cccc(-n2ncnc2COC2CCCCO2)c1. The molecule has 1 atom stereocenters. The lowest BCUT2D eigenvalue weighted by Crippen LogP contribution is -2.22. The highest BCUT2D eigenvalue weighted by Crippen LogP contribution is 2.16. The number of hydrogen-bond acceptors (Lipinski definition) is 5. The van der Waals surface area contributed by atoms with Gasteiger partial charge < -0.3 is 14.6 Å². The predicted molar refractivity (Wildman–Crippen MR) is 76.7 cm³/mol. The van der Waals surface area contributed by atoms with Gasteiger partial charge in [-0.25, -0.2) is 14.5 Å². The van der Waals surface area contributed by atoms with Gasteiger partial charge in [-0.05, 0) is 37.5 Å². The van der Waals surface area contributed by atoms with E-state index in [1.165, 1.54) is 12.4 Å². The first-order chi connectivity index (χ1) is 10.7. The fraction of sp³-hybridized carbons (Fsp3) is 0.400. The first-order valence-electron chi connectivity index (χ1n) is 7.20. The standard InChI is InChI=1S/C15H17N3O4/c19-15(20)11-4-3-5-12(8-11)18-13(16-10-17-18)9-22-14-6-1-2-7-21-14/h3-5,8,10,14H,1-2,6-7,9H2,(H,19,20). The minimum absolute atomic E-state index is 0.204. The van der Waals surface area contributed by atoms with E-state index in [1.54, 1.807) is 22.9 Å². The molecule has 7 nitrogen and oxygen atoms in total. The van der Waals surface area contributed by atoms with Crippen LogP contribution in [0.15, 0.2) is 30.6 Å². The summed E-state index contributed by atoms with van der Waals surface area (Å²) in [5.74, 6) is -0.368. The highest BCUT2D eigenvalue weighted by Gasteiger charge is 2.16. The van der Waals surface area contributed by atoms with Crippen molar-refractivity contribution in [2.24, 2.45) is 0 Å². The van der Waals surface area contributed by atoms with Crippen LogP contribution >= 0.6 is 0 Å². The second kappa shape index (κ2) is 6.67. The molecule has 2 aromatic rings. The molecule has 0 amide bonds. The Labute approximate surface area is 127 Å². The number of aromatic nitrogens is 3. The van der Waals surface area contributed by atoms with E-state index < -0.39 is 5.97 Å². The van der Waals surface area contributed by atoms with Crippen molar-refractivity contribution in [3.63, 3.8) is 0 Å². The summed E-state index contributed by atoms with van der Waals surface area (Å²) < 4.78 is 12.8. The zero-order valence-corrected chi connectivity index (χ0v) is 12.0. The molecule has 1 fully saturated rings. The Balaban J connectivity index is 1.74. The Morgan fingerprint density at radius 2 is 2.36 bits per heavy atom. The van der Waals surface area contributed by atoms with Crippen LogP contribution in [0.3, 0.4) is 0 Å². The molecule has 0 saturated carbocycles. The molecular weight excluding hydrogens is 286 g/mol. The van der Waals surface area contributed by atoms with E-state index in [0.717, 1.165) is 25.9 Å². The van der Waals surface area contributed by atoms with Crippen LogP contribution < -0.4 is 0 Å². The number of carboxylic acids is 1. The Kier molecular flexibility index (Phi) is 4.45. The Morgan fingerprint density at radius 3 is 3.14 bits per heavy atom. The van der Waals surface area contributed by atoms with Crippen LogP contribution in [0.5, 0.6) is 0 Å². The largest absolute Gasteiger partial charge is 0.478 e. The Hall–Kier alpha value is -2.25. The zero-order chi connectivity index (χ0) is 15.4. The molecule has 1 N–H and O–H groups in total. The highest BCUT2D eigenvalue weighted by molar-refractivity contribution is 5.88. The lowest BCUT2D eigenvalue weighted by Gasteiger charge is -2.22. The molecule has 2 heterocycles. The van der Waals surface area contributed by atoms with Gasteiger partial charge in [0, 0.05) is 6.61 Å². The molecule has 22 heavy (non-hydrogen) atoms. The van der Waals surface area contributed by atoms with Crippen molar-refractivity contribution in [2.75, 3.05) is 6.61 Å². The molecule has 1 aliphatic heterocycles. The number of rotatable bonds is 5. The average molecular weight is 303 g/mol. The average Bonchev–Trinajstić information content (AvgIpc) is 3.02. The third-order valence-corrected chi connectivity index (χ3v) is 3.49. The van der Waals surface area contributed by atoms with Crippen LogP contribution in [0.2, 0.25) is 0 Å². The van der Waals surface area contributed by atoms with Gasteiger partial charge in [-0.2, -0.15) is 5.10 Å². The van der Waals surface area contributed by atoms with E-state index in [4.69, 9.17) is 14.6 Å². The number of benzene rings is 1. The lowest BCUT2D eigenvalue weighted by molar-refractivity contribution is -0.170. The van der Waals surface area contributed by atoms with Crippen LogP contribution in [-0.4, -0.2) is 38.7 Å². The highest BCUT2D eigenvalue weighted by atomic mass is 16.7. The van der Waals surface area contributed by atoms with Crippen molar-refractivity contribution in [1.82, 2.24) is 14.8 Å². The zero-order valence-electron chi connectivity index (χ0n) is 12.0. The minimum atomic E-state index is -0.977.